The fraction of sp³-hybridized carbons (Fsp3) is 0.559. The summed E-state index contributed by atoms with van der Waals surface area (Å²) >= 11 is 2.67. The van der Waals surface area contributed by atoms with Crippen LogP contribution in [-0.4, -0.2) is 137 Å². The van der Waals surface area contributed by atoms with Crippen LogP contribution in [0.4, 0.5) is 11.4 Å². The van der Waals surface area contributed by atoms with Crippen molar-refractivity contribution in [1.82, 2.24) is 8.75 Å². The van der Waals surface area contributed by atoms with Crippen molar-refractivity contribution in [3.8, 4) is 44.5 Å². The Balaban J connectivity index is 1.09. The van der Waals surface area contributed by atoms with E-state index in [1.54, 1.807) is 0 Å². The van der Waals surface area contributed by atoms with Gasteiger partial charge in [0, 0.05) is 22.0 Å². The second-order valence-corrected chi connectivity index (χ2v) is 29.2. The molecule has 5 aromatic carbocycles. The van der Waals surface area contributed by atoms with Crippen molar-refractivity contribution in [3.05, 3.63) is 107 Å². The standard InChI is InChI=1S/C68H98N8S2/c1-73(2,3)45-29-17-13-25-41-67(42-26-14-18-30-46-74(4,5)6)57-35-23-21-33-53(57)55-39-37-51(49-59(55)67)61-63-65(71-77-69-63)62(66-64(61)70-78-72-66)52-38-40-56-54-34-22-24-36-58(54)68(60(56)50-52,43-27-15-19-31-47-75(7,8)9)44-28-16-20-32-48-76(10,11)12/h21-24,33-40,49-50H,13-20,25-32,41-48H2,1-12H3/q+4. The third-order valence-electron chi connectivity index (χ3n) is 17.8. The number of hydrogen-bond acceptors (Lipinski definition) is 5. The van der Waals surface area contributed by atoms with Gasteiger partial charge in [-0.1, -0.05) is 124 Å². The van der Waals surface area contributed by atoms with Crippen molar-refractivity contribution in [2.75, 3.05) is 111 Å². The van der Waals surface area contributed by atoms with Gasteiger partial charge in [0.15, 0.2) is 0 Å². The topological polar surface area (TPSA) is 50.5 Å². The minimum absolute atomic E-state index is 0.0487. The molecule has 0 N–H and O–H groups in total. The fourth-order valence-corrected chi connectivity index (χ4v) is 14.9. The molecule has 10 heteroatoms. The number of fused-ring (bicyclic) bond motifs is 8. The van der Waals surface area contributed by atoms with Crippen LogP contribution in [0.15, 0.2) is 93.7 Å². The van der Waals surface area contributed by atoms with Crippen LogP contribution in [-0.2, 0) is 22.2 Å². The lowest BCUT2D eigenvalue weighted by atomic mass is 9.70. The van der Waals surface area contributed by atoms with E-state index in [1.807, 2.05) is 0 Å². The zero-order valence-electron chi connectivity index (χ0n) is 50.4. The largest absolute Gasteiger partial charge is 0.331 e. The molecule has 1 aromatic heterocycles. The van der Waals surface area contributed by atoms with Crippen LogP contribution in [0.3, 0.4) is 0 Å². The first kappa shape index (κ1) is 58.2. The monoisotopic (exact) mass is 1090 g/mol. The average Bonchev–Trinajstić information content (AvgIpc) is 4.27. The quantitative estimate of drug-likeness (QED) is 0.0333. The number of benzene rings is 5. The van der Waals surface area contributed by atoms with Gasteiger partial charge in [-0.25, -0.2) is 0 Å². The first-order valence-electron chi connectivity index (χ1n) is 30.3. The number of aromatic nitrogens is 2. The summed E-state index contributed by atoms with van der Waals surface area (Å²) in [6.45, 7) is 4.90. The first-order chi connectivity index (χ1) is 37.2. The molecule has 0 fully saturated rings. The Morgan fingerprint density at radius 3 is 0.987 bits per heavy atom. The molecule has 0 amide bonds. The lowest BCUT2D eigenvalue weighted by Gasteiger charge is -2.33. The average molecular weight is 1090 g/mol. The molecular weight excluding hydrogens is 993 g/mol. The zero-order valence-corrected chi connectivity index (χ0v) is 52.1. The number of hydrogen-bond donors (Lipinski definition) is 0. The van der Waals surface area contributed by atoms with Gasteiger partial charge in [-0.2, -0.15) is 17.5 Å². The van der Waals surface area contributed by atoms with Crippen LogP contribution >= 0.6 is 11.7 Å². The summed E-state index contributed by atoms with van der Waals surface area (Å²) in [5.74, 6) is 0. The Morgan fingerprint density at radius 1 is 0.346 bits per heavy atom. The summed E-state index contributed by atoms with van der Waals surface area (Å²) in [7, 11) is 27.9. The van der Waals surface area contributed by atoms with E-state index in [9.17, 15) is 0 Å². The number of quaternary nitrogens is 4. The molecule has 2 heterocycles. The molecule has 3 aliphatic rings. The molecule has 0 saturated carbocycles. The second kappa shape index (κ2) is 24.4. The molecule has 6 aromatic rings. The van der Waals surface area contributed by atoms with E-state index in [4.69, 9.17) is 17.5 Å². The molecule has 0 atom stereocenters. The third kappa shape index (κ3) is 13.3. The predicted octanol–water partition coefficient (Wildman–Crippen LogP) is 16.9. The summed E-state index contributed by atoms with van der Waals surface area (Å²) < 4.78 is 25.0. The van der Waals surface area contributed by atoms with E-state index in [-0.39, 0.29) is 10.8 Å². The lowest BCUT2D eigenvalue weighted by Crippen LogP contribution is -2.35. The first-order valence-corrected chi connectivity index (χ1v) is 31.8. The van der Waals surface area contributed by atoms with E-state index < -0.39 is 0 Å². The SMILES string of the molecule is C[N+](C)(C)CCCCCCC1(CCCCCC[N+](C)(C)C)c2ccccc2-c2ccc(-c3c4c(c(-c5ccc6c(c5)C(CCCCCC[N+](C)(C)C)(CCCCCC[N+](C)(C)C)c5ccccc5-6)c5nsnc35)N=S=N4)cc21. The van der Waals surface area contributed by atoms with Crippen molar-refractivity contribution in [1.29, 1.82) is 0 Å². The van der Waals surface area contributed by atoms with E-state index >= 15 is 0 Å². The van der Waals surface area contributed by atoms with E-state index in [1.165, 1.54) is 233 Å². The summed E-state index contributed by atoms with van der Waals surface area (Å²) in [6, 6.07) is 33.5. The van der Waals surface area contributed by atoms with Gasteiger partial charge in [-0.15, -0.1) is 0 Å². The van der Waals surface area contributed by atoms with Crippen molar-refractivity contribution in [2.24, 2.45) is 8.73 Å². The van der Waals surface area contributed by atoms with Gasteiger partial charge in [0.1, 0.15) is 22.4 Å². The molecule has 0 unspecified atom stereocenters. The minimum Gasteiger partial charge on any atom is -0.331 e. The Bertz CT molecular complexity index is 2840. The molecule has 78 heavy (non-hydrogen) atoms. The van der Waals surface area contributed by atoms with Crippen LogP contribution in [0.1, 0.15) is 151 Å². The summed E-state index contributed by atoms with van der Waals surface area (Å²) in [5.41, 5.74) is 19.9. The number of nitrogens with zero attached hydrogens (tertiary/aromatic N) is 8. The van der Waals surface area contributed by atoms with Gasteiger partial charge in [0.25, 0.3) is 0 Å². The highest BCUT2D eigenvalue weighted by atomic mass is 32.1. The molecule has 9 rings (SSSR count). The van der Waals surface area contributed by atoms with Crippen molar-refractivity contribution in [3.63, 3.8) is 0 Å². The van der Waals surface area contributed by atoms with Crippen molar-refractivity contribution < 1.29 is 17.9 Å². The molecule has 2 aliphatic carbocycles. The van der Waals surface area contributed by atoms with Crippen LogP contribution in [0.2, 0.25) is 0 Å². The van der Waals surface area contributed by atoms with Crippen molar-refractivity contribution in [2.45, 2.75) is 139 Å². The highest BCUT2D eigenvalue weighted by molar-refractivity contribution is 7.58. The van der Waals surface area contributed by atoms with Gasteiger partial charge >= 0.3 is 0 Å². The molecule has 8 nitrogen and oxygen atoms in total. The Kier molecular flexibility index (Phi) is 18.2. The van der Waals surface area contributed by atoms with E-state index in [2.05, 4.69) is 170 Å². The summed E-state index contributed by atoms with van der Waals surface area (Å²) in [5, 5.41) is 0. The van der Waals surface area contributed by atoms with Crippen LogP contribution in [0.5, 0.6) is 0 Å². The van der Waals surface area contributed by atoms with Crippen LogP contribution < -0.4 is 0 Å². The molecule has 418 valence electrons. The summed E-state index contributed by atoms with van der Waals surface area (Å²) in [4.78, 5) is 0. The van der Waals surface area contributed by atoms with Crippen molar-refractivity contribution >= 4 is 45.5 Å². The molecule has 0 saturated heterocycles. The Labute approximate surface area is 479 Å². The minimum atomic E-state index is -0.0487. The van der Waals surface area contributed by atoms with E-state index in [0.717, 1.165) is 51.5 Å². The predicted molar refractivity (Wildman–Crippen MR) is 336 cm³/mol. The zero-order chi connectivity index (χ0) is 55.4. The number of rotatable bonds is 30. The lowest BCUT2D eigenvalue weighted by molar-refractivity contribution is -0.870. The maximum Gasteiger partial charge on any atom is 0.115 e. The fourth-order valence-electron chi connectivity index (χ4n) is 13.8. The second-order valence-electron chi connectivity index (χ2n) is 28.2. The molecule has 0 spiro atoms. The van der Waals surface area contributed by atoms with Gasteiger partial charge in [0.2, 0.25) is 0 Å². The Morgan fingerprint density at radius 2 is 0.654 bits per heavy atom. The normalized spacial score (nSPS) is 15.1. The molecule has 1 aliphatic heterocycles. The highest BCUT2D eigenvalue weighted by Gasteiger charge is 2.44. The highest BCUT2D eigenvalue weighted by Crippen LogP contribution is 2.59. The third-order valence-corrected chi connectivity index (χ3v) is 18.8. The van der Waals surface area contributed by atoms with Gasteiger partial charge in [-0.3, -0.25) is 0 Å². The Hall–Kier alpha value is -4.42. The maximum atomic E-state index is 5.23. The van der Waals surface area contributed by atoms with Crippen LogP contribution in [0, 0.1) is 0 Å². The van der Waals surface area contributed by atoms with Crippen LogP contribution in [0.25, 0.3) is 55.5 Å². The molecule has 0 bridgehead atoms. The van der Waals surface area contributed by atoms with E-state index in [0.29, 0.717) is 0 Å². The molecular formula is C68H98N8S2+4. The smallest absolute Gasteiger partial charge is 0.115 e. The molecule has 0 radical (unpaired) electrons. The number of unbranched alkanes of at least 4 members (excludes halogenated alkanes) is 12. The maximum absolute atomic E-state index is 5.23. The van der Waals surface area contributed by atoms with Gasteiger partial charge in [0.05, 0.1) is 134 Å². The van der Waals surface area contributed by atoms with Gasteiger partial charge in [-0.05, 0) is 145 Å². The van der Waals surface area contributed by atoms with Gasteiger partial charge < -0.3 is 17.9 Å². The summed E-state index contributed by atoms with van der Waals surface area (Å²) in [6.07, 6.45) is 24.9.